The molecule has 0 aromatic rings. The third-order valence-electron chi connectivity index (χ3n) is 7.33. The van der Waals surface area contributed by atoms with Crippen LogP contribution in [0.3, 0.4) is 0 Å². The van der Waals surface area contributed by atoms with Crippen LogP contribution < -0.4 is 0 Å². The van der Waals surface area contributed by atoms with Crippen LogP contribution in [-0.4, -0.2) is 46.4 Å². The largest absolute Gasteiger partial charge is 0.300 e. The molecule has 1 aliphatic heterocycles. The molecule has 0 aromatic carbocycles. The van der Waals surface area contributed by atoms with Gasteiger partial charge in [0.1, 0.15) is 23.1 Å². The number of carbonyl (C=O) groups is 6. The predicted molar refractivity (Wildman–Crippen MR) is 123 cm³/mol. The van der Waals surface area contributed by atoms with Gasteiger partial charge in [0.05, 0.1) is 5.92 Å². The zero-order valence-electron chi connectivity index (χ0n) is 20.6. The minimum atomic E-state index is -0.369. The highest BCUT2D eigenvalue weighted by Crippen LogP contribution is 2.31. The van der Waals surface area contributed by atoms with Gasteiger partial charge in [-0.1, -0.05) is 20.3 Å². The molecule has 3 aliphatic rings. The molecule has 0 radical (unpaired) electrons. The van der Waals surface area contributed by atoms with Gasteiger partial charge in [-0.15, -0.1) is 0 Å². The number of hydrogen-bond acceptors (Lipinski definition) is 6. The molecule has 33 heavy (non-hydrogen) atoms. The Morgan fingerprint density at radius 2 is 1.52 bits per heavy atom. The average Bonchev–Trinajstić information content (AvgIpc) is 3.14. The van der Waals surface area contributed by atoms with E-state index >= 15 is 0 Å². The van der Waals surface area contributed by atoms with Crippen molar-refractivity contribution in [3.05, 3.63) is 0 Å². The van der Waals surface area contributed by atoms with E-state index in [1.807, 2.05) is 13.8 Å². The van der Waals surface area contributed by atoms with E-state index in [2.05, 4.69) is 0 Å². The third-order valence-corrected chi connectivity index (χ3v) is 7.33. The van der Waals surface area contributed by atoms with Crippen LogP contribution >= 0.6 is 0 Å². The van der Waals surface area contributed by atoms with Crippen LogP contribution in [0.1, 0.15) is 91.9 Å². The highest BCUT2D eigenvalue weighted by atomic mass is 16.2. The van der Waals surface area contributed by atoms with Crippen LogP contribution in [0.15, 0.2) is 0 Å². The topological polar surface area (TPSA) is 106 Å². The van der Waals surface area contributed by atoms with Gasteiger partial charge in [0, 0.05) is 43.6 Å². The Kier molecular flexibility index (Phi) is 10.1. The fourth-order valence-electron chi connectivity index (χ4n) is 5.12. The monoisotopic (exact) mass is 461 g/mol. The summed E-state index contributed by atoms with van der Waals surface area (Å²) in [6.07, 6.45) is 7.29. The van der Waals surface area contributed by atoms with Crippen molar-refractivity contribution in [2.45, 2.75) is 91.9 Å². The second kappa shape index (κ2) is 12.3. The van der Waals surface area contributed by atoms with E-state index in [1.54, 1.807) is 13.8 Å². The summed E-state index contributed by atoms with van der Waals surface area (Å²) in [6, 6.07) is 0. The molecule has 2 aliphatic carbocycles. The molecule has 7 heteroatoms. The smallest absolute Gasteiger partial charge is 0.232 e. The highest BCUT2D eigenvalue weighted by Gasteiger charge is 2.38. The number of carbonyl (C=O) groups excluding carboxylic acids is 6. The van der Waals surface area contributed by atoms with Crippen molar-refractivity contribution in [2.75, 3.05) is 6.54 Å². The number of unbranched alkanes of at least 4 members (excludes halogenated alkanes) is 1. The van der Waals surface area contributed by atoms with Crippen molar-refractivity contribution in [1.82, 2.24) is 4.90 Å². The fraction of sp³-hybridized carbons (Fsp3) is 0.769. The molecule has 3 fully saturated rings. The molecule has 0 aromatic heterocycles. The van der Waals surface area contributed by atoms with Crippen LogP contribution in [0.25, 0.3) is 0 Å². The summed E-state index contributed by atoms with van der Waals surface area (Å²) in [7, 11) is 0. The maximum absolute atomic E-state index is 11.8. The number of likely N-dealkylation sites (tertiary alicyclic amines) is 1. The van der Waals surface area contributed by atoms with E-state index < -0.39 is 0 Å². The van der Waals surface area contributed by atoms with Gasteiger partial charge in [-0.05, 0) is 58.3 Å². The van der Waals surface area contributed by atoms with Gasteiger partial charge in [0.15, 0.2) is 0 Å². The number of rotatable bonds is 8. The number of Topliss-reactive ketones (excluding diaryl/α,β-unsaturated/α-hetero) is 4. The number of imide groups is 1. The van der Waals surface area contributed by atoms with Crippen LogP contribution in [-0.2, 0) is 28.8 Å². The van der Waals surface area contributed by atoms with E-state index in [9.17, 15) is 28.8 Å². The molecule has 2 amide bonds. The molecule has 0 N–H and O–H groups in total. The SMILES string of the molecule is CC(=O)C1CCC(CN2C(=O)CC(C)C2=O)CC1.CC(=O)CCCCC1C(=O)CC(C)C1=O. The van der Waals surface area contributed by atoms with Crippen molar-refractivity contribution in [3.8, 4) is 0 Å². The predicted octanol–water partition coefficient (Wildman–Crippen LogP) is 3.71. The summed E-state index contributed by atoms with van der Waals surface area (Å²) in [6.45, 7) is 7.41. The Bertz CT molecular complexity index is 780. The van der Waals surface area contributed by atoms with Gasteiger partial charge >= 0.3 is 0 Å². The summed E-state index contributed by atoms with van der Waals surface area (Å²) >= 11 is 0. The molecule has 184 valence electrons. The first-order chi connectivity index (χ1) is 15.5. The third kappa shape index (κ3) is 7.68. The first-order valence-corrected chi connectivity index (χ1v) is 12.4. The Morgan fingerprint density at radius 1 is 0.879 bits per heavy atom. The van der Waals surface area contributed by atoms with Crippen molar-refractivity contribution >= 4 is 34.9 Å². The second-order valence-electron chi connectivity index (χ2n) is 10.3. The molecule has 2 saturated carbocycles. The van der Waals surface area contributed by atoms with Crippen molar-refractivity contribution in [2.24, 2.45) is 29.6 Å². The molecule has 3 rings (SSSR count). The van der Waals surface area contributed by atoms with Gasteiger partial charge in [-0.3, -0.25) is 28.9 Å². The number of nitrogens with zero attached hydrogens (tertiary/aromatic N) is 1. The van der Waals surface area contributed by atoms with Gasteiger partial charge < -0.3 is 4.79 Å². The number of ketones is 4. The first kappa shape index (κ1) is 27.1. The average molecular weight is 462 g/mol. The molecule has 3 atom stereocenters. The fourth-order valence-corrected chi connectivity index (χ4v) is 5.12. The van der Waals surface area contributed by atoms with E-state index in [-0.39, 0.29) is 58.6 Å². The Balaban J connectivity index is 0.000000238. The summed E-state index contributed by atoms with van der Waals surface area (Å²) < 4.78 is 0. The van der Waals surface area contributed by atoms with Crippen LogP contribution in [0.4, 0.5) is 0 Å². The normalized spacial score (nSPS) is 29.8. The van der Waals surface area contributed by atoms with Gasteiger partial charge in [0.2, 0.25) is 11.8 Å². The lowest BCUT2D eigenvalue weighted by molar-refractivity contribution is -0.140. The molecular weight excluding hydrogens is 422 g/mol. The Labute approximate surface area is 197 Å². The number of hydrogen-bond donors (Lipinski definition) is 0. The van der Waals surface area contributed by atoms with Crippen LogP contribution in [0.2, 0.25) is 0 Å². The molecule has 0 spiro atoms. The Morgan fingerprint density at radius 3 is 1.97 bits per heavy atom. The molecular formula is C26H39NO6. The van der Waals surface area contributed by atoms with Crippen molar-refractivity contribution < 1.29 is 28.8 Å². The van der Waals surface area contributed by atoms with Crippen molar-refractivity contribution in [3.63, 3.8) is 0 Å². The Hall–Kier alpha value is -2.18. The lowest BCUT2D eigenvalue weighted by Crippen LogP contribution is -2.36. The summed E-state index contributed by atoms with van der Waals surface area (Å²) in [4.78, 5) is 69.9. The van der Waals surface area contributed by atoms with Crippen LogP contribution in [0.5, 0.6) is 0 Å². The summed E-state index contributed by atoms with van der Waals surface area (Å²) in [5.41, 5.74) is 0. The lowest BCUT2D eigenvalue weighted by Gasteiger charge is -2.29. The molecule has 7 nitrogen and oxygen atoms in total. The van der Waals surface area contributed by atoms with E-state index in [4.69, 9.17) is 0 Å². The van der Waals surface area contributed by atoms with Gasteiger partial charge in [0.25, 0.3) is 0 Å². The maximum Gasteiger partial charge on any atom is 0.232 e. The maximum atomic E-state index is 11.8. The number of amides is 2. The van der Waals surface area contributed by atoms with Crippen LogP contribution in [0, 0.1) is 29.6 Å². The molecule has 0 bridgehead atoms. The van der Waals surface area contributed by atoms with E-state index in [1.165, 1.54) is 4.90 Å². The van der Waals surface area contributed by atoms with Gasteiger partial charge in [-0.25, -0.2) is 0 Å². The lowest BCUT2D eigenvalue weighted by atomic mass is 9.80. The minimum absolute atomic E-state index is 0.0197. The molecule has 3 unspecified atom stereocenters. The zero-order valence-corrected chi connectivity index (χ0v) is 20.6. The molecule has 1 saturated heterocycles. The standard InChI is InChI=1S/C14H21NO3.C12H18O3/c1-9-7-13(17)15(14(9)18)8-11-3-5-12(6-4-11)10(2)16;1-8-7-11(14)10(12(8)15)6-4-3-5-9(2)13/h9,11-12H,3-8H2,1-2H3;8,10H,3-7H2,1-2H3. The second-order valence-corrected chi connectivity index (χ2v) is 10.3. The van der Waals surface area contributed by atoms with Gasteiger partial charge in [-0.2, -0.15) is 0 Å². The highest BCUT2D eigenvalue weighted by molar-refractivity contribution is 6.09. The van der Waals surface area contributed by atoms with E-state index in [0.717, 1.165) is 38.5 Å². The first-order valence-electron chi connectivity index (χ1n) is 12.4. The quantitative estimate of drug-likeness (QED) is 0.310. The summed E-state index contributed by atoms with van der Waals surface area (Å²) in [5.74, 6) is 0.577. The minimum Gasteiger partial charge on any atom is -0.300 e. The molecule has 1 heterocycles. The van der Waals surface area contributed by atoms with E-state index in [0.29, 0.717) is 38.1 Å². The summed E-state index contributed by atoms with van der Waals surface area (Å²) in [5, 5.41) is 0. The zero-order chi connectivity index (χ0) is 24.7. The van der Waals surface area contributed by atoms with Crippen molar-refractivity contribution in [1.29, 1.82) is 0 Å².